The van der Waals surface area contributed by atoms with E-state index in [0.717, 1.165) is 31.2 Å². The SMILES string of the molecule is CCCn1ccnc1CC(C)(O)c1cc(F)cc(F)c1. The van der Waals surface area contributed by atoms with Crippen LogP contribution in [0.1, 0.15) is 31.7 Å². The second-order valence-electron chi connectivity index (χ2n) is 5.15. The van der Waals surface area contributed by atoms with Gasteiger partial charge in [0, 0.05) is 31.4 Å². The highest BCUT2D eigenvalue weighted by Gasteiger charge is 2.27. The summed E-state index contributed by atoms with van der Waals surface area (Å²) in [6, 6.07) is 3.09. The molecule has 1 aromatic carbocycles. The van der Waals surface area contributed by atoms with E-state index < -0.39 is 17.2 Å². The van der Waals surface area contributed by atoms with E-state index in [4.69, 9.17) is 0 Å². The Labute approximate surface area is 116 Å². The molecule has 2 rings (SSSR count). The van der Waals surface area contributed by atoms with Crippen LogP contribution in [0.3, 0.4) is 0 Å². The monoisotopic (exact) mass is 280 g/mol. The first-order chi connectivity index (χ1) is 9.42. The molecule has 0 bridgehead atoms. The summed E-state index contributed by atoms with van der Waals surface area (Å²) in [6.07, 6.45) is 4.64. The van der Waals surface area contributed by atoms with Crippen molar-refractivity contribution in [3.05, 3.63) is 53.6 Å². The molecule has 0 saturated heterocycles. The van der Waals surface area contributed by atoms with E-state index >= 15 is 0 Å². The maximum atomic E-state index is 13.3. The standard InChI is InChI=1S/C15H18F2N2O/c1-3-5-19-6-4-18-14(19)10-15(2,20)11-7-12(16)9-13(17)8-11/h4,6-9,20H,3,5,10H2,1-2H3. The number of halogens is 2. The van der Waals surface area contributed by atoms with E-state index in [9.17, 15) is 13.9 Å². The normalized spacial score (nSPS) is 14.2. The Hall–Kier alpha value is -1.75. The number of aromatic nitrogens is 2. The second-order valence-corrected chi connectivity index (χ2v) is 5.15. The Kier molecular flexibility index (Phi) is 4.18. The first-order valence-corrected chi connectivity index (χ1v) is 6.61. The van der Waals surface area contributed by atoms with Gasteiger partial charge in [-0.3, -0.25) is 0 Å². The third kappa shape index (κ3) is 3.22. The quantitative estimate of drug-likeness (QED) is 0.914. The zero-order valence-corrected chi connectivity index (χ0v) is 11.6. The third-order valence-electron chi connectivity index (χ3n) is 3.25. The molecule has 2 aromatic rings. The Balaban J connectivity index is 2.27. The van der Waals surface area contributed by atoms with E-state index in [1.54, 1.807) is 6.20 Å². The van der Waals surface area contributed by atoms with Crippen molar-refractivity contribution in [1.82, 2.24) is 9.55 Å². The van der Waals surface area contributed by atoms with Gasteiger partial charge in [0.05, 0.1) is 5.60 Å². The molecule has 1 heterocycles. The summed E-state index contributed by atoms with van der Waals surface area (Å²) in [5, 5.41) is 10.5. The summed E-state index contributed by atoms with van der Waals surface area (Å²) in [5.41, 5.74) is -1.17. The van der Waals surface area contributed by atoms with Crippen molar-refractivity contribution in [2.75, 3.05) is 0 Å². The fourth-order valence-corrected chi connectivity index (χ4v) is 2.23. The highest BCUT2D eigenvalue weighted by Crippen LogP contribution is 2.26. The van der Waals surface area contributed by atoms with Crippen LogP contribution in [0.15, 0.2) is 30.6 Å². The first-order valence-electron chi connectivity index (χ1n) is 6.61. The van der Waals surface area contributed by atoms with Gasteiger partial charge in [0.15, 0.2) is 0 Å². The molecule has 20 heavy (non-hydrogen) atoms. The summed E-state index contributed by atoms with van der Waals surface area (Å²) in [5.74, 6) is -0.698. The Morgan fingerprint density at radius 3 is 2.50 bits per heavy atom. The molecule has 0 aliphatic rings. The van der Waals surface area contributed by atoms with Crippen molar-refractivity contribution in [2.24, 2.45) is 0 Å². The molecule has 0 radical (unpaired) electrons. The molecular formula is C15H18F2N2O. The number of rotatable bonds is 5. The molecule has 0 spiro atoms. The largest absolute Gasteiger partial charge is 0.385 e. The van der Waals surface area contributed by atoms with Gasteiger partial charge < -0.3 is 9.67 Å². The minimum absolute atomic E-state index is 0.197. The summed E-state index contributed by atoms with van der Waals surface area (Å²) in [6.45, 7) is 4.37. The van der Waals surface area contributed by atoms with Gasteiger partial charge in [-0.05, 0) is 31.0 Å². The van der Waals surface area contributed by atoms with Gasteiger partial charge in [0.2, 0.25) is 0 Å². The van der Waals surface area contributed by atoms with Crippen LogP contribution in [0.25, 0.3) is 0 Å². The van der Waals surface area contributed by atoms with Crippen LogP contribution in [0.5, 0.6) is 0 Å². The molecular weight excluding hydrogens is 262 g/mol. The van der Waals surface area contributed by atoms with Gasteiger partial charge in [0.25, 0.3) is 0 Å². The molecule has 0 amide bonds. The van der Waals surface area contributed by atoms with Crippen molar-refractivity contribution in [3.8, 4) is 0 Å². The van der Waals surface area contributed by atoms with Gasteiger partial charge in [-0.15, -0.1) is 0 Å². The Morgan fingerprint density at radius 2 is 1.90 bits per heavy atom. The van der Waals surface area contributed by atoms with Crippen molar-refractivity contribution < 1.29 is 13.9 Å². The highest BCUT2D eigenvalue weighted by atomic mass is 19.1. The fraction of sp³-hybridized carbons (Fsp3) is 0.400. The minimum Gasteiger partial charge on any atom is -0.385 e. The first kappa shape index (κ1) is 14.7. The van der Waals surface area contributed by atoms with Crippen molar-refractivity contribution >= 4 is 0 Å². The lowest BCUT2D eigenvalue weighted by molar-refractivity contribution is 0.0538. The van der Waals surface area contributed by atoms with Gasteiger partial charge in [-0.2, -0.15) is 0 Å². The Bertz CT molecular complexity index is 573. The second kappa shape index (κ2) is 5.71. The molecule has 0 saturated carbocycles. The van der Waals surface area contributed by atoms with Gasteiger partial charge in [-0.25, -0.2) is 13.8 Å². The number of hydrogen-bond acceptors (Lipinski definition) is 2. The number of imidazole rings is 1. The molecule has 108 valence electrons. The molecule has 5 heteroatoms. The number of aryl methyl sites for hydroxylation is 1. The predicted octanol–water partition coefficient (Wildman–Crippen LogP) is 3.02. The molecule has 0 aliphatic heterocycles. The number of hydrogen-bond donors (Lipinski definition) is 1. The summed E-state index contributed by atoms with van der Waals surface area (Å²) >= 11 is 0. The molecule has 1 atom stereocenters. The zero-order valence-electron chi connectivity index (χ0n) is 11.6. The molecule has 0 aliphatic carbocycles. The topological polar surface area (TPSA) is 38.0 Å². The molecule has 1 N–H and O–H groups in total. The number of benzene rings is 1. The van der Waals surface area contributed by atoms with E-state index in [2.05, 4.69) is 4.98 Å². The molecule has 3 nitrogen and oxygen atoms in total. The molecule has 1 unspecified atom stereocenters. The van der Waals surface area contributed by atoms with E-state index in [-0.39, 0.29) is 12.0 Å². The van der Waals surface area contributed by atoms with Gasteiger partial charge in [0.1, 0.15) is 17.5 Å². The predicted molar refractivity (Wildman–Crippen MR) is 72.2 cm³/mol. The lowest BCUT2D eigenvalue weighted by atomic mass is 9.92. The molecule has 1 aromatic heterocycles. The maximum absolute atomic E-state index is 13.3. The van der Waals surface area contributed by atoms with E-state index in [1.165, 1.54) is 6.92 Å². The minimum atomic E-state index is -1.38. The maximum Gasteiger partial charge on any atom is 0.126 e. The van der Waals surface area contributed by atoms with Crippen LogP contribution in [-0.4, -0.2) is 14.7 Å². The van der Waals surface area contributed by atoms with E-state index in [1.807, 2.05) is 17.7 Å². The lowest BCUT2D eigenvalue weighted by Gasteiger charge is -2.24. The lowest BCUT2D eigenvalue weighted by Crippen LogP contribution is -2.26. The Morgan fingerprint density at radius 1 is 1.25 bits per heavy atom. The summed E-state index contributed by atoms with van der Waals surface area (Å²) < 4.78 is 28.5. The van der Waals surface area contributed by atoms with E-state index in [0.29, 0.717) is 5.82 Å². The van der Waals surface area contributed by atoms with Gasteiger partial charge >= 0.3 is 0 Å². The average Bonchev–Trinajstić information content (AvgIpc) is 2.75. The summed E-state index contributed by atoms with van der Waals surface area (Å²) in [7, 11) is 0. The molecule has 0 fully saturated rings. The number of aliphatic hydroxyl groups is 1. The summed E-state index contributed by atoms with van der Waals surface area (Å²) in [4.78, 5) is 4.21. The zero-order chi connectivity index (χ0) is 14.8. The van der Waals surface area contributed by atoms with Crippen LogP contribution in [0.2, 0.25) is 0 Å². The smallest absolute Gasteiger partial charge is 0.126 e. The number of nitrogens with zero attached hydrogens (tertiary/aromatic N) is 2. The third-order valence-corrected chi connectivity index (χ3v) is 3.25. The van der Waals surface area contributed by atoms with Crippen molar-refractivity contribution in [1.29, 1.82) is 0 Å². The van der Waals surface area contributed by atoms with Crippen LogP contribution < -0.4 is 0 Å². The van der Waals surface area contributed by atoms with Crippen LogP contribution in [0, 0.1) is 11.6 Å². The fourth-order valence-electron chi connectivity index (χ4n) is 2.23. The van der Waals surface area contributed by atoms with Crippen molar-refractivity contribution in [2.45, 2.75) is 38.8 Å². The van der Waals surface area contributed by atoms with Crippen LogP contribution in [0.4, 0.5) is 8.78 Å². The van der Waals surface area contributed by atoms with Gasteiger partial charge in [-0.1, -0.05) is 6.92 Å². The average molecular weight is 280 g/mol. The van der Waals surface area contributed by atoms with Crippen LogP contribution in [-0.2, 0) is 18.6 Å². The van der Waals surface area contributed by atoms with Crippen molar-refractivity contribution in [3.63, 3.8) is 0 Å². The highest BCUT2D eigenvalue weighted by molar-refractivity contribution is 5.25. The van der Waals surface area contributed by atoms with Crippen LogP contribution >= 0.6 is 0 Å².